The minimum absolute atomic E-state index is 0.755. The van der Waals surface area contributed by atoms with Crippen molar-refractivity contribution in [2.24, 2.45) is 0 Å². The van der Waals surface area contributed by atoms with E-state index in [1.807, 2.05) is 0 Å². The first kappa shape index (κ1) is 9.00. The number of anilines is 1. The van der Waals surface area contributed by atoms with Gasteiger partial charge in [0.2, 0.25) is 0 Å². The highest BCUT2D eigenvalue weighted by Crippen LogP contribution is 2.35. The molecule has 0 N–H and O–H groups in total. The predicted octanol–water partition coefficient (Wildman–Crippen LogP) is 2.87. The molecular formula is C10H16N2S. The molecule has 0 spiro atoms. The zero-order valence-electron chi connectivity index (χ0n) is 8.29. The Kier molecular flexibility index (Phi) is 2.54. The van der Waals surface area contributed by atoms with E-state index in [-0.39, 0.29) is 0 Å². The van der Waals surface area contributed by atoms with Crippen LogP contribution in [0.1, 0.15) is 37.3 Å². The molecule has 72 valence electrons. The fourth-order valence-electron chi connectivity index (χ4n) is 1.89. The van der Waals surface area contributed by atoms with Crippen LogP contribution in [0.25, 0.3) is 0 Å². The van der Waals surface area contributed by atoms with Gasteiger partial charge < -0.3 is 4.90 Å². The monoisotopic (exact) mass is 196 g/mol. The summed E-state index contributed by atoms with van der Waals surface area (Å²) in [6.07, 6.45) is 5.46. The molecule has 13 heavy (non-hydrogen) atoms. The topological polar surface area (TPSA) is 16.1 Å². The number of rotatable bonds is 2. The molecule has 0 aromatic carbocycles. The maximum absolute atomic E-state index is 4.64. The van der Waals surface area contributed by atoms with Crippen LogP contribution >= 0.6 is 11.3 Å². The predicted molar refractivity (Wildman–Crippen MR) is 57.7 cm³/mol. The molecule has 1 aromatic rings. The van der Waals surface area contributed by atoms with Crippen LogP contribution < -0.4 is 4.90 Å². The SMILES string of the molecule is CN(C)c1nc(C2CCCC2)cs1. The van der Waals surface area contributed by atoms with Gasteiger partial charge in [-0.25, -0.2) is 4.98 Å². The molecule has 0 unspecified atom stereocenters. The Morgan fingerprint density at radius 3 is 2.62 bits per heavy atom. The van der Waals surface area contributed by atoms with E-state index in [9.17, 15) is 0 Å². The van der Waals surface area contributed by atoms with Crippen molar-refractivity contribution < 1.29 is 0 Å². The summed E-state index contributed by atoms with van der Waals surface area (Å²) in [4.78, 5) is 6.72. The maximum atomic E-state index is 4.64. The van der Waals surface area contributed by atoms with Crippen LogP contribution in [0.2, 0.25) is 0 Å². The zero-order valence-corrected chi connectivity index (χ0v) is 9.10. The Hall–Kier alpha value is -0.570. The highest BCUT2D eigenvalue weighted by atomic mass is 32.1. The molecule has 0 aliphatic heterocycles. The molecule has 0 atom stereocenters. The summed E-state index contributed by atoms with van der Waals surface area (Å²) in [6, 6.07) is 0. The number of thiazole rings is 1. The summed E-state index contributed by atoms with van der Waals surface area (Å²) in [6.45, 7) is 0. The highest BCUT2D eigenvalue weighted by molar-refractivity contribution is 7.13. The summed E-state index contributed by atoms with van der Waals surface area (Å²) >= 11 is 1.76. The van der Waals surface area contributed by atoms with Gasteiger partial charge in [0, 0.05) is 25.4 Å². The molecule has 0 saturated heterocycles. The normalized spacial score (nSPS) is 18.0. The fourth-order valence-corrected chi connectivity index (χ4v) is 2.73. The molecule has 0 bridgehead atoms. The Balaban J connectivity index is 2.12. The van der Waals surface area contributed by atoms with E-state index >= 15 is 0 Å². The number of nitrogens with zero attached hydrogens (tertiary/aromatic N) is 2. The van der Waals surface area contributed by atoms with E-state index in [0.717, 1.165) is 11.0 Å². The van der Waals surface area contributed by atoms with Crippen molar-refractivity contribution in [2.45, 2.75) is 31.6 Å². The summed E-state index contributed by atoms with van der Waals surface area (Å²) in [5.41, 5.74) is 1.33. The van der Waals surface area contributed by atoms with Gasteiger partial charge in [-0.1, -0.05) is 12.8 Å². The van der Waals surface area contributed by atoms with Crippen molar-refractivity contribution in [2.75, 3.05) is 19.0 Å². The molecule has 1 heterocycles. The van der Waals surface area contributed by atoms with Crippen LogP contribution in [-0.4, -0.2) is 19.1 Å². The lowest BCUT2D eigenvalue weighted by Gasteiger charge is -2.07. The van der Waals surface area contributed by atoms with Crippen molar-refractivity contribution >= 4 is 16.5 Å². The Morgan fingerprint density at radius 2 is 2.08 bits per heavy atom. The van der Waals surface area contributed by atoms with E-state index in [0.29, 0.717) is 0 Å². The second-order valence-corrected chi connectivity index (χ2v) is 4.77. The quantitative estimate of drug-likeness (QED) is 0.723. The Morgan fingerprint density at radius 1 is 1.38 bits per heavy atom. The number of hydrogen-bond acceptors (Lipinski definition) is 3. The van der Waals surface area contributed by atoms with E-state index in [2.05, 4.69) is 29.4 Å². The van der Waals surface area contributed by atoms with Gasteiger partial charge >= 0.3 is 0 Å². The van der Waals surface area contributed by atoms with Crippen molar-refractivity contribution in [1.82, 2.24) is 4.98 Å². The largest absolute Gasteiger partial charge is 0.354 e. The second kappa shape index (κ2) is 3.66. The first-order valence-electron chi connectivity index (χ1n) is 4.90. The lowest BCUT2D eigenvalue weighted by atomic mass is 10.1. The van der Waals surface area contributed by atoms with Gasteiger partial charge in [0.25, 0.3) is 0 Å². The second-order valence-electron chi connectivity index (χ2n) is 3.93. The molecular weight excluding hydrogens is 180 g/mol. The number of aromatic nitrogens is 1. The molecule has 0 radical (unpaired) electrons. The molecule has 2 nitrogen and oxygen atoms in total. The molecule has 2 rings (SSSR count). The lowest BCUT2D eigenvalue weighted by Crippen LogP contribution is -2.08. The van der Waals surface area contributed by atoms with E-state index in [4.69, 9.17) is 0 Å². The summed E-state index contributed by atoms with van der Waals surface area (Å²) < 4.78 is 0. The third kappa shape index (κ3) is 1.85. The first-order valence-corrected chi connectivity index (χ1v) is 5.78. The summed E-state index contributed by atoms with van der Waals surface area (Å²) in [5.74, 6) is 0.755. The van der Waals surface area contributed by atoms with Crippen LogP contribution in [0.5, 0.6) is 0 Å². The van der Waals surface area contributed by atoms with E-state index < -0.39 is 0 Å². The molecule has 1 aromatic heterocycles. The minimum atomic E-state index is 0.755. The van der Waals surface area contributed by atoms with Gasteiger partial charge in [0.15, 0.2) is 5.13 Å². The third-order valence-electron chi connectivity index (χ3n) is 2.67. The third-order valence-corrected chi connectivity index (χ3v) is 3.69. The van der Waals surface area contributed by atoms with E-state index in [1.165, 1.54) is 31.4 Å². The maximum Gasteiger partial charge on any atom is 0.184 e. The van der Waals surface area contributed by atoms with Crippen LogP contribution in [-0.2, 0) is 0 Å². The van der Waals surface area contributed by atoms with Crippen LogP contribution in [0.4, 0.5) is 5.13 Å². The van der Waals surface area contributed by atoms with Crippen LogP contribution in [0, 0.1) is 0 Å². The Labute approximate surface area is 83.6 Å². The smallest absolute Gasteiger partial charge is 0.184 e. The fraction of sp³-hybridized carbons (Fsp3) is 0.700. The molecule has 3 heteroatoms. The van der Waals surface area contributed by atoms with Gasteiger partial charge in [-0.3, -0.25) is 0 Å². The van der Waals surface area contributed by atoms with Gasteiger partial charge in [0.1, 0.15) is 0 Å². The molecule has 0 amide bonds. The number of hydrogen-bond donors (Lipinski definition) is 0. The zero-order chi connectivity index (χ0) is 9.26. The summed E-state index contributed by atoms with van der Waals surface area (Å²) in [7, 11) is 4.11. The first-order chi connectivity index (χ1) is 6.27. The lowest BCUT2D eigenvalue weighted by molar-refractivity contribution is 0.702. The van der Waals surface area contributed by atoms with Crippen LogP contribution in [0.3, 0.4) is 0 Å². The molecule has 1 saturated carbocycles. The highest BCUT2D eigenvalue weighted by Gasteiger charge is 2.19. The standard InChI is InChI=1S/C10H16N2S/c1-12(2)10-11-9(7-13-10)8-5-3-4-6-8/h7-8H,3-6H2,1-2H3. The van der Waals surface area contributed by atoms with Gasteiger partial charge in [-0.2, -0.15) is 0 Å². The van der Waals surface area contributed by atoms with Gasteiger partial charge in [0.05, 0.1) is 5.69 Å². The van der Waals surface area contributed by atoms with Crippen molar-refractivity contribution in [3.8, 4) is 0 Å². The average Bonchev–Trinajstić information content (AvgIpc) is 2.75. The van der Waals surface area contributed by atoms with E-state index in [1.54, 1.807) is 11.3 Å². The van der Waals surface area contributed by atoms with Gasteiger partial charge in [-0.15, -0.1) is 11.3 Å². The van der Waals surface area contributed by atoms with Crippen molar-refractivity contribution in [3.63, 3.8) is 0 Å². The molecule has 1 aliphatic rings. The average molecular weight is 196 g/mol. The minimum Gasteiger partial charge on any atom is -0.354 e. The van der Waals surface area contributed by atoms with Crippen molar-refractivity contribution in [1.29, 1.82) is 0 Å². The molecule has 1 fully saturated rings. The molecule has 1 aliphatic carbocycles. The van der Waals surface area contributed by atoms with Crippen LogP contribution in [0.15, 0.2) is 5.38 Å². The Bertz CT molecular complexity index is 274. The summed E-state index contributed by atoms with van der Waals surface area (Å²) in [5, 5.41) is 3.37. The van der Waals surface area contributed by atoms with Crippen molar-refractivity contribution in [3.05, 3.63) is 11.1 Å². The van der Waals surface area contributed by atoms with Gasteiger partial charge in [-0.05, 0) is 12.8 Å².